The highest BCUT2D eigenvalue weighted by Crippen LogP contribution is 2.24. The molecule has 0 saturated heterocycles. The third-order valence-corrected chi connectivity index (χ3v) is 5.74. The number of benzene rings is 4. The maximum atomic E-state index is 12.4. The van der Waals surface area contributed by atoms with E-state index in [9.17, 15) is 4.79 Å². The van der Waals surface area contributed by atoms with E-state index < -0.39 is 0 Å². The van der Waals surface area contributed by atoms with Crippen molar-refractivity contribution in [2.24, 2.45) is 5.10 Å². The molecule has 0 radical (unpaired) electrons. The van der Waals surface area contributed by atoms with Gasteiger partial charge >= 0.3 is 0 Å². The van der Waals surface area contributed by atoms with Crippen LogP contribution < -0.4 is 14.9 Å². The van der Waals surface area contributed by atoms with Gasteiger partial charge in [-0.1, -0.05) is 42.5 Å². The van der Waals surface area contributed by atoms with Crippen molar-refractivity contribution in [3.05, 3.63) is 114 Å². The number of ether oxygens (including phenoxy) is 2. The fraction of sp³-hybridized carbons (Fsp3) is 0.0690. The molecule has 0 unspecified atom stereocenters. The summed E-state index contributed by atoms with van der Waals surface area (Å²) in [5.41, 5.74) is 6.31. The van der Waals surface area contributed by atoms with Crippen LogP contribution in [-0.4, -0.2) is 29.4 Å². The molecule has 0 fully saturated rings. The number of hydrogen-bond acceptors (Lipinski definition) is 5. The minimum absolute atomic E-state index is 0.313. The lowest BCUT2D eigenvalue weighted by atomic mass is 10.1. The lowest BCUT2D eigenvalue weighted by Gasteiger charge is -2.09. The molecule has 0 bridgehead atoms. The molecule has 7 nitrogen and oxygen atoms in total. The van der Waals surface area contributed by atoms with E-state index in [1.807, 2.05) is 66.7 Å². The highest BCUT2D eigenvalue weighted by molar-refractivity contribution is 5.94. The van der Waals surface area contributed by atoms with E-state index in [0.717, 1.165) is 28.2 Å². The minimum atomic E-state index is -0.381. The summed E-state index contributed by atoms with van der Waals surface area (Å²) >= 11 is 0. The Kier molecular flexibility index (Phi) is 6.71. The van der Waals surface area contributed by atoms with E-state index in [2.05, 4.69) is 45.0 Å². The van der Waals surface area contributed by atoms with Gasteiger partial charge in [-0.15, -0.1) is 0 Å². The predicted octanol–water partition coefficient (Wildman–Crippen LogP) is 5.58. The largest absolute Gasteiger partial charge is 0.497 e. The van der Waals surface area contributed by atoms with Crippen LogP contribution >= 0.6 is 0 Å². The average Bonchev–Trinajstić information content (AvgIpc) is 3.43. The minimum Gasteiger partial charge on any atom is -0.497 e. The molecule has 1 heterocycles. The highest BCUT2D eigenvalue weighted by atomic mass is 16.5. The van der Waals surface area contributed by atoms with Gasteiger partial charge in [-0.05, 0) is 76.5 Å². The predicted molar refractivity (Wildman–Crippen MR) is 140 cm³/mol. The Morgan fingerprint density at radius 2 is 1.69 bits per heavy atom. The maximum absolute atomic E-state index is 12.4. The molecule has 0 saturated carbocycles. The number of aromatic amines is 1. The van der Waals surface area contributed by atoms with E-state index in [1.165, 1.54) is 10.8 Å². The summed E-state index contributed by atoms with van der Waals surface area (Å²) in [4.78, 5) is 12.4. The molecule has 36 heavy (non-hydrogen) atoms. The summed E-state index contributed by atoms with van der Waals surface area (Å²) in [7, 11) is 1.61. The first kappa shape index (κ1) is 22.9. The number of nitrogens with zero attached hydrogens (tertiary/aromatic N) is 2. The molecule has 1 amide bonds. The Morgan fingerprint density at radius 3 is 2.50 bits per heavy atom. The third-order valence-electron chi connectivity index (χ3n) is 5.74. The van der Waals surface area contributed by atoms with Crippen LogP contribution in [-0.2, 0) is 6.61 Å². The maximum Gasteiger partial charge on any atom is 0.289 e. The number of nitrogens with one attached hydrogen (secondary N) is 2. The van der Waals surface area contributed by atoms with Crippen LogP contribution in [0.5, 0.6) is 11.5 Å². The smallest absolute Gasteiger partial charge is 0.289 e. The second-order valence-corrected chi connectivity index (χ2v) is 8.09. The standard InChI is InChI=1S/C29H24N4O3/c1-35-24-13-9-20(10-14-24)18-30-33-29(34)28-17-27(31-32-28)22-11-15-25(16-12-22)36-19-23-7-4-6-21-5-2-3-8-26(21)23/h2-18H,19H2,1H3,(H,31,32)(H,33,34). The zero-order valence-electron chi connectivity index (χ0n) is 19.6. The van der Waals surface area contributed by atoms with Crippen molar-refractivity contribution in [1.82, 2.24) is 15.6 Å². The first-order valence-corrected chi connectivity index (χ1v) is 11.4. The monoisotopic (exact) mass is 476 g/mol. The number of carbonyl (C=O) groups is 1. The van der Waals surface area contributed by atoms with Gasteiger partial charge in [0, 0.05) is 5.56 Å². The average molecular weight is 477 g/mol. The van der Waals surface area contributed by atoms with Gasteiger partial charge < -0.3 is 9.47 Å². The molecular formula is C29H24N4O3. The summed E-state index contributed by atoms with van der Waals surface area (Å²) in [5.74, 6) is 1.13. The molecular weight excluding hydrogens is 452 g/mol. The highest BCUT2D eigenvalue weighted by Gasteiger charge is 2.11. The number of H-pyrrole nitrogens is 1. The van der Waals surface area contributed by atoms with E-state index in [4.69, 9.17) is 9.47 Å². The van der Waals surface area contributed by atoms with Crippen molar-refractivity contribution in [1.29, 1.82) is 0 Å². The normalized spacial score (nSPS) is 11.0. The Labute approximate surface area is 208 Å². The van der Waals surface area contributed by atoms with Crippen LogP contribution in [0.4, 0.5) is 0 Å². The molecule has 5 rings (SSSR count). The summed E-state index contributed by atoms with van der Waals surface area (Å²) < 4.78 is 11.1. The van der Waals surface area contributed by atoms with Crippen molar-refractivity contribution in [3.63, 3.8) is 0 Å². The third kappa shape index (κ3) is 5.26. The van der Waals surface area contributed by atoms with Gasteiger partial charge in [0.2, 0.25) is 0 Å². The number of rotatable bonds is 8. The Balaban J connectivity index is 1.19. The second kappa shape index (κ2) is 10.6. The molecule has 0 aliphatic carbocycles. The van der Waals surface area contributed by atoms with Crippen molar-refractivity contribution in [2.75, 3.05) is 7.11 Å². The van der Waals surface area contributed by atoms with Gasteiger partial charge in [0.1, 0.15) is 23.8 Å². The van der Waals surface area contributed by atoms with E-state index in [-0.39, 0.29) is 5.91 Å². The fourth-order valence-corrected chi connectivity index (χ4v) is 3.80. The molecule has 0 aliphatic rings. The Bertz CT molecular complexity index is 1500. The quantitative estimate of drug-likeness (QED) is 0.226. The molecule has 4 aromatic carbocycles. The number of aromatic nitrogens is 2. The molecule has 1 aromatic heterocycles. The first-order chi connectivity index (χ1) is 17.7. The molecule has 5 aromatic rings. The SMILES string of the molecule is COc1ccc(C=NNC(=O)c2cc(-c3ccc(OCc4cccc5ccccc45)cc3)n[nH]2)cc1. The van der Waals surface area contributed by atoms with Gasteiger partial charge in [0.15, 0.2) is 0 Å². The van der Waals surface area contributed by atoms with Crippen LogP contribution in [0, 0.1) is 0 Å². The van der Waals surface area contributed by atoms with Gasteiger partial charge in [-0.2, -0.15) is 10.2 Å². The number of amides is 1. The summed E-state index contributed by atoms with van der Waals surface area (Å²) in [6.45, 7) is 0.477. The van der Waals surface area contributed by atoms with Gasteiger partial charge in [-0.3, -0.25) is 9.89 Å². The van der Waals surface area contributed by atoms with Crippen molar-refractivity contribution >= 4 is 22.9 Å². The summed E-state index contributed by atoms with van der Waals surface area (Å²) in [5, 5.41) is 13.4. The molecule has 178 valence electrons. The van der Waals surface area contributed by atoms with E-state index >= 15 is 0 Å². The van der Waals surface area contributed by atoms with Gasteiger partial charge in [0.25, 0.3) is 5.91 Å². The number of methoxy groups -OCH3 is 1. The van der Waals surface area contributed by atoms with Crippen molar-refractivity contribution in [3.8, 4) is 22.8 Å². The first-order valence-electron chi connectivity index (χ1n) is 11.4. The summed E-state index contributed by atoms with van der Waals surface area (Å²) in [6.07, 6.45) is 1.56. The lowest BCUT2D eigenvalue weighted by Crippen LogP contribution is -2.17. The van der Waals surface area contributed by atoms with Crippen LogP contribution in [0.15, 0.2) is 102 Å². The Morgan fingerprint density at radius 1 is 0.944 bits per heavy atom. The topological polar surface area (TPSA) is 88.6 Å². The van der Waals surface area contributed by atoms with Crippen LogP contribution in [0.2, 0.25) is 0 Å². The second-order valence-electron chi connectivity index (χ2n) is 8.09. The van der Waals surface area contributed by atoms with Crippen molar-refractivity contribution < 1.29 is 14.3 Å². The van der Waals surface area contributed by atoms with Gasteiger partial charge in [-0.25, -0.2) is 5.43 Å². The Hall–Kier alpha value is -4.91. The fourth-order valence-electron chi connectivity index (χ4n) is 3.80. The molecule has 0 atom stereocenters. The zero-order valence-corrected chi connectivity index (χ0v) is 19.6. The van der Waals surface area contributed by atoms with E-state index in [1.54, 1.807) is 19.4 Å². The van der Waals surface area contributed by atoms with Crippen LogP contribution in [0.1, 0.15) is 21.6 Å². The number of carbonyl (C=O) groups excluding carboxylic acids is 1. The summed E-state index contributed by atoms with van der Waals surface area (Å²) in [6, 6.07) is 31.1. The van der Waals surface area contributed by atoms with E-state index in [0.29, 0.717) is 18.0 Å². The van der Waals surface area contributed by atoms with Gasteiger partial charge in [0.05, 0.1) is 19.0 Å². The molecule has 2 N–H and O–H groups in total. The lowest BCUT2D eigenvalue weighted by molar-refractivity contribution is 0.0950. The van der Waals surface area contributed by atoms with Crippen molar-refractivity contribution in [2.45, 2.75) is 6.61 Å². The van der Waals surface area contributed by atoms with Crippen LogP contribution in [0.3, 0.4) is 0 Å². The number of fused-ring (bicyclic) bond motifs is 1. The number of hydrogen-bond donors (Lipinski definition) is 2. The van der Waals surface area contributed by atoms with Crippen LogP contribution in [0.25, 0.3) is 22.0 Å². The zero-order chi connectivity index (χ0) is 24.7. The molecule has 0 spiro atoms. The molecule has 7 heteroatoms. The number of hydrazone groups is 1. The molecule has 0 aliphatic heterocycles.